The Morgan fingerprint density at radius 2 is 2.26 bits per heavy atom. The number of aromatic nitrogens is 1. The van der Waals surface area contributed by atoms with E-state index >= 15 is 0 Å². The van der Waals surface area contributed by atoms with Gasteiger partial charge in [-0.2, -0.15) is 23.5 Å². The van der Waals surface area contributed by atoms with Crippen molar-refractivity contribution >= 4 is 45.1 Å². The van der Waals surface area contributed by atoms with Crippen molar-refractivity contribution in [2.24, 2.45) is 0 Å². The lowest BCUT2D eigenvalue weighted by atomic mass is 10.5. The van der Waals surface area contributed by atoms with Crippen molar-refractivity contribution in [2.75, 3.05) is 23.8 Å². The van der Waals surface area contributed by atoms with Crippen molar-refractivity contribution in [1.82, 2.24) is 9.71 Å². The average molecular weight is 341 g/mol. The maximum atomic E-state index is 12.0. The highest BCUT2D eigenvalue weighted by atomic mass is 35.5. The Morgan fingerprint density at radius 3 is 2.89 bits per heavy atom. The summed E-state index contributed by atoms with van der Waals surface area (Å²) in [6.45, 7) is 0.386. The predicted molar refractivity (Wildman–Crippen MR) is 80.8 cm³/mol. The van der Waals surface area contributed by atoms with Crippen LogP contribution in [0.1, 0.15) is 0 Å². The molecule has 1 aliphatic rings. The Balaban J connectivity index is 2.04. The minimum Gasteiger partial charge on any atom is -0.326 e. The van der Waals surface area contributed by atoms with E-state index < -0.39 is 15.6 Å². The number of hydrogen-bond acceptors (Lipinski definition) is 5. The van der Waals surface area contributed by atoms with Crippen molar-refractivity contribution in [3.05, 3.63) is 27.6 Å². The fraction of sp³-hybridized carbons (Fsp3) is 0.500. The summed E-state index contributed by atoms with van der Waals surface area (Å²) in [6.07, 6.45) is 1.15. The van der Waals surface area contributed by atoms with Gasteiger partial charge in [0.2, 0.25) is 10.0 Å². The van der Waals surface area contributed by atoms with E-state index in [4.69, 9.17) is 11.6 Å². The third-order valence-corrected chi connectivity index (χ3v) is 7.06. The minimum atomic E-state index is -3.63. The van der Waals surface area contributed by atoms with Crippen LogP contribution in [0.15, 0.2) is 22.0 Å². The molecule has 0 saturated carbocycles. The first-order valence-electron chi connectivity index (χ1n) is 5.56. The van der Waals surface area contributed by atoms with Gasteiger partial charge in [-0.25, -0.2) is 13.1 Å². The summed E-state index contributed by atoms with van der Waals surface area (Å²) in [5, 5.41) is 0.150. The van der Waals surface area contributed by atoms with E-state index in [-0.39, 0.29) is 15.2 Å². The number of nitrogens with one attached hydrogen (secondary N) is 2. The molecule has 0 radical (unpaired) electrons. The SMILES string of the molecule is O=c1[nH]cc(S(=O)(=O)NCC2CSCCS2)cc1Cl. The van der Waals surface area contributed by atoms with E-state index in [0.29, 0.717) is 6.54 Å². The van der Waals surface area contributed by atoms with Gasteiger partial charge in [0.25, 0.3) is 5.56 Å². The predicted octanol–water partition coefficient (Wildman–Crippen LogP) is 1.16. The van der Waals surface area contributed by atoms with Crippen LogP contribution in [0, 0.1) is 0 Å². The van der Waals surface area contributed by atoms with Gasteiger partial charge in [-0.3, -0.25) is 4.79 Å². The van der Waals surface area contributed by atoms with Gasteiger partial charge >= 0.3 is 0 Å². The third-order valence-electron chi connectivity index (χ3n) is 2.53. The molecule has 0 aromatic carbocycles. The van der Waals surface area contributed by atoms with Gasteiger partial charge in [0.05, 0.1) is 4.90 Å². The molecule has 19 heavy (non-hydrogen) atoms. The first-order chi connectivity index (χ1) is 8.99. The summed E-state index contributed by atoms with van der Waals surface area (Å²) < 4.78 is 26.6. The molecule has 1 aromatic rings. The Labute approximate surface area is 124 Å². The molecule has 5 nitrogen and oxygen atoms in total. The summed E-state index contributed by atoms with van der Waals surface area (Å²) in [6, 6.07) is 1.16. The topological polar surface area (TPSA) is 79.0 Å². The van der Waals surface area contributed by atoms with Crippen LogP contribution in [0.4, 0.5) is 0 Å². The summed E-state index contributed by atoms with van der Waals surface area (Å²) in [4.78, 5) is 13.4. The number of rotatable bonds is 4. The van der Waals surface area contributed by atoms with Crippen molar-refractivity contribution in [3.8, 4) is 0 Å². The minimum absolute atomic E-state index is 0.0226. The van der Waals surface area contributed by atoms with E-state index in [1.54, 1.807) is 11.8 Å². The summed E-state index contributed by atoms with van der Waals surface area (Å²) in [7, 11) is -3.63. The largest absolute Gasteiger partial charge is 0.326 e. The highest BCUT2D eigenvalue weighted by Gasteiger charge is 2.20. The zero-order chi connectivity index (χ0) is 13.9. The summed E-state index contributed by atoms with van der Waals surface area (Å²) in [5.74, 6) is 3.10. The van der Waals surface area contributed by atoms with Gasteiger partial charge in [0, 0.05) is 35.3 Å². The quantitative estimate of drug-likeness (QED) is 0.859. The molecule has 1 unspecified atom stereocenters. The molecular weight excluding hydrogens is 328 g/mol. The van der Waals surface area contributed by atoms with Crippen LogP contribution in [-0.2, 0) is 10.0 Å². The smallest absolute Gasteiger partial charge is 0.266 e. The fourth-order valence-electron chi connectivity index (χ4n) is 1.53. The molecular formula is C10H13ClN2O3S3. The molecule has 1 aliphatic heterocycles. The first kappa shape index (κ1) is 15.2. The van der Waals surface area contributed by atoms with Crippen molar-refractivity contribution in [3.63, 3.8) is 0 Å². The summed E-state index contributed by atoms with van der Waals surface area (Å²) in [5.41, 5.74) is -0.500. The van der Waals surface area contributed by atoms with Gasteiger partial charge in [0.15, 0.2) is 0 Å². The molecule has 1 aromatic heterocycles. The number of H-pyrrole nitrogens is 1. The van der Waals surface area contributed by atoms with Crippen LogP contribution in [-0.4, -0.2) is 42.5 Å². The van der Waals surface area contributed by atoms with Crippen LogP contribution in [0.2, 0.25) is 5.02 Å². The number of pyridine rings is 1. The van der Waals surface area contributed by atoms with Crippen molar-refractivity contribution < 1.29 is 8.42 Å². The molecule has 1 saturated heterocycles. The molecule has 0 spiro atoms. The lowest BCUT2D eigenvalue weighted by Crippen LogP contribution is -2.33. The molecule has 0 bridgehead atoms. The van der Waals surface area contributed by atoms with Crippen molar-refractivity contribution in [1.29, 1.82) is 0 Å². The third kappa shape index (κ3) is 4.16. The molecule has 0 amide bonds. The summed E-state index contributed by atoms with van der Waals surface area (Å²) >= 11 is 9.23. The zero-order valence-corrected chi connectivity index (χ0v) is 13.1. The van der Waals surface area contributed by atoms with Gasteiger partial charge in [-0.05, 0) is 6.07 Å². The Bertz CT molecular complexity index is 596. The highest BCUT2D eigenvalue weighted by molar-refractivity contribution is 8.06. The molecule has 2 heterocycles. The van der Waals surface area contributed by atoms with Gasteiger partial charge in [0.1, 0.15) is 5.02 Å². The highest BCUT2D eigenvalue weighted by Crippen LogP contribution is 2.23. The number of thioether (sulfide) groups is 2. The zero-order valence-electron chi connectivity index (χ0n) is 9.89. The number of halogens is 1. The Hall–Kier alpha value is -0.150. The molecule has 2 N–H and O–H groups in total. The lowest BCUT2D eigenvalue weighted by Gasteiger charge is -2.21. The molecule has 1 atom stereocenters. The van der Waals surface area contributed by atoms with Gasteiger partial charge in [-0.15, -0.1) is 0 Å². The molecule has 1 fully saturated rings. The van der Waals surface area contributed by atoms with Crippen LogP contribution in [0.5, 0.6) is 0 Å². The van der Waals surface area contributed by atoms with E-state index in [1.807, 2.05) is 11.8 Å². The lowest BCUT2D eigenvalue weighted by molar-refractivity contribution is 0.581. The monoisotopic (exact) mass is 340 g/mol. The second-order valence-corrected chi connectivity index (χ2v) is 8.66. The second kappa shape index (κ2) is 6.53. The second-order valence-electron chi connectivity index (χ2n) is 3.93. The van der Waals surface area contributed by atoms with Crippen LogP contribution in [0.25, 0.3) is 0 Å². The normalized spacial score (nSPS) is 20.4. The average Bonchev–Trinajstić information content (AvgIpc) is 2.41. The first-order valence-corrected chi connectivity index (χ1v) is 9.63. The number of aromatic amines is 1. The van der Waals surface area contributed by atoms with Crippen LogP contribution in [0.3, 0.4) is 0 Å². The Morgan fingerprint density at radius 1 is 1.47 bits per heavy atom. The number of hydrogen-bond donors (Lipinski definition) is 2. The van der Waals surface area contributed by atoms with E-state index in [0.717, 1.165) is 29.5 Å². The molecule has 9 heteroatoms. The Kier molecular flexibility index (Phi) is 5.24. The standard InChI is InChI=1S/C10H13ClN2O3S3/c11-9-3-8(5-12-10(9)14)19(15,16)13-4-7-6-17-1-2-18-7/h3,5,7,13H,1-2,4,6H2,(H,12,14). The maximum absolute atomic E-state index is 12.0. The van der Waals surface area contributed by atoms with Gasteiger partial charge in [-0.1, -0.05) is 11.6 Å². The molecule has 106 valence electrons. The molecule has 2 rings (SSSR count). The number of sulfonamides is 1. The van der Waals surface area contributed by atoms with Crippen molar-refractivity contribution in [2.45, 2.75) is 10.1 Å². The van der Waals surface area contributed by atoms with E-state index in [2.05, 4.69) is 9.71 Å². The van der Waals surface area contributed by atoms with E-state index in [1.165, 1.54) is 0 Å². The fourth-order valence-corrected chi connectivity index (χ4v) is 5.56. The van der Waals surface area contributed by atoms with Crippen LogP contribution >= 0.6 is 35.1 Å². The van der Waals surface area contributed by atoms with Gasteiger partial charge < -0.3 is 4.98 Å². The van der Waals surface area contributed by atoms with E-state index in [9.17, 15) is 13.2 Å². The van der Waals surface area contributed by atoms with Crippen LogP contribution < -0.4 is 10.3 Å². The maximum Gasteiger partial charge on any atom is 0.266 e. The molecule has 0 aliphatic carbocycles.